The van der Waals surface area contributed by atoms with Crippen molar-refractivity contribution in [2.75, 3.05) is 33.0 Å². The van der Waals surface area contributed by atoms with Gasteiger partial charge in [-0.3, -0.25) is 4.98 Å². The van der Waals surface area contributed by atoms with Crippen LogP contribution in [0.5, 0.6) is 5.75 Å². The van der Waals surface area contributed by atoms with E-state index in [4.69, 9.17) is 14.6 Å². The number of aryl methyl sites for hydroxylation is 1. The third-order valence-corrected chi connectivity index (χ3v) is 4.58. The molecule has 2 heterocycles. The van der Waals surface area contributed by atoms with E-state index in [9.17, 15) is 0 Å². The van der Waals surface area contributed by atoms with Gasteiger partial charge < -0.3 is 19.9 Å². The van der Waals surface area contributed by atoms with E-state index < -0.39 is 0 Å². The van der Waals surface area contributed by atoms with Crippen molar-refractivity contribution < 1.29 is 14.6 Å². The van der Waals surface area contributed by atoms with Gasteiger partial charge in [-0.15, -0.1) is 0 Å². The molecule has 1 fully saturated rings. The van der Waals surface area contributed by atoms with Crippen molar-refractivity contribution in [2.24, 2.45) is 0 Å². The maximum Gasteiger partial charge on any atom is 0.138 e. The molecule has 5 heteroatoms. The Labute approximate surface area is 155 Å². The number of nitrogens with one attached hydrogen (secondary N) is 1. The number of benzene rings is 1. The van der Waals surface area contributed by atoms with Gasteiger partial charge in [0.15, 0.2) is 0 Å². The molecule has 3 rings (SSSR count). The molecule has 0 amide bonds. The Morgan fingerprint density at radius 2 is 1.88 bits per heavy atom. The van der Waals surface area contributed by atoms with E-state index in [0.717, 1.165) is 42.9 Å². The molecule has 0 saturated carbocycles. The summed E-state index contributed by atoms with van der Waals surface area (Å²) in [5.41, 5.74) is 3.52. The lowest BCUT2D eigenvalue weighted by molar-refractivity contribution is 0.114. The normalized spacial score (nSPS) is 16.3. The smallest absolute Gasteiger partial charge is 0.138 e. The Balaban J connectivity index is 1.48. The molecule has 0 aliphatic carbocycles. The molecule has 2 N–H and O–H groups in total. The Hall–Kier alpha value is -1.95. The summed E-state index contributed by atoms with van der Waals surface area (Å²) in [4.78, 5) is 4.31. The van der Waals surface area contributed by atoms with Crippen molar-refractivity contribution in [3.8, 4) is 16.9 Å². The molecule has 1 aliphatic rings. The molecule has 1 aliphatic heterocycles. The summed E-state index contributed by atoms with van der Waals surface area (Å²) < 4.78 is 11.3. The lowest BCUT2D eigenvalue weighted by Gasteiger charge is -2.27. The summed E-state index contributed by atoms with van der Waals surface area (Å²) in [6, 6.07) is 11.1. The van der Waals surface area contributed by atoms with Crippen LogP contribution >= 0.6 is 0 Å². The molecule has 5 nitrogen and oxygen atoms in total. The maximum absolute atomic E-state index is 8.71. The van der Waals surface area contributed by atoms with E-state index in [0.29, 0.717) is 25.7 Å². The van der Waals surface area contributed by atoms with Crippen LogP contribution in [0.25, 0.3) is 11.1 Å². The number of nitrogens with zero attached hydrogens (tertiary/aromatic N) is 1. The van der Waals surface area contributed by atoms with Crippen LogP contribution < -0.4 is 10.1 Å². The number of hydrogen-bond acceptors (Lipinski definition) is 5. The van der Waals surface area contributed by atoms with Gasteiger partial charge in [0.05, 0.1) is 6.20 Å². The molecular weight excluding hydrogens is 328 g/mol. The van der Waals surface area contributed by atoms with Crippen LogP contribution in [0.4, 0.5) is 0 Å². The number of aliphatic hydroxyl groups excluding tert-OH is 1. The number of pyridine rings is 1. The van der Waals surface area contributed by atoms with E-state index in [1.165, 1.54) is 12.0 Å². The van der Waals surface area contributed by atoms with E-state index in [-0.39, 0.29) is 6.61 Å². The molecule has 0 radical (unpaired) electrons. The van der Waals surface area contributed by atoms with Crippen LogP contribution in [0.3, 0.4) is 0 Å². The predicted octanol–water partition coefficient (Wildman–Crippen LogP) is 2.82. The summed E-state index contributed by atoms with van der Waals surface area (Å²) in [6.07, 6.45) is 7.52. The highest BCUT2D eigenvalue weighted by Crippen LogP contribution is 2.23. The third kappa shape index (κ3) is 5.80. The molecule has 0 spiro atoms. The molecule has 1 unspecified atom stereocenters. The molecule has 1 aromatic heterocycles. The van der Waals surface area contributed by atoms with Crippen molar-refractivity contribution >= 4 is 0 Å². The molecular formula is C21H28N2O3. The van der Waals surface area contributed by atoms with Crippen LogP contribution in [0.15, 0.2) is 42.7 Å². The highest BCUT2D eigenvalue weighted by Gasteiger charge is 2.16. The molecule has 26 heavy (non-hydrogen) atoms. The SMILES string of the molecule is OCCCOCCCc1ccc(-c2cncc(OCC3CCN3)c2)cc1. The van der Waals surface area contributed by atoms with E-state index >= 15 is 0 Å². The molecule has 0 bridgehead atoms. The monoisotopic (exact) mass is 356 g/mol. The van der Waals surface area contributed by atoms with Crippen LogP contribution in [0, 0.1) is 0 Å². The van der Waals surface area contributed by atoms with Crippen LogP contribution in [0.2, 0.25) is 0 Å². The fourth-order valence-electron chi connectivity index (χ4n) is 2.85. The van der Waals surface area contributed by atoms with Crippen LogP contribution in [-0.2, 0) is 11.2 Å². The fourth-order valence-corrected chi connectivity index (χ4v) is 2.85. The lowest BCUT2D eigenvalue weighted by Crippen LogP contribution is -2.46. The van der Waals surface area contributed by atoms with Gasteiger partial charge in [-0.2, -0.15) is 0 Å². The van der Waals surface area contributed by atoms with E-state index in [1.807, 2.05) is 6.20 Å². The highest BCUT2D eigenvalue weighted by molar-refractivity contribution is 5.64. The highest BCUT2D eigenvalue weighted by atomic mass is 16.5. The van der Waals surface area contributed by atoms with Crippen molar-refractivity contribution in [3.05, 3.63) is 48.3 Å². The number of aromatic nitrogens is 1. The van der Waals surface area contributed by atoms with Crippen molar-refractivity contribution in [3.63, 3.8) is 0 Å². The summed E-state index contributed by atoms with van der Waals surface area (Å²) in [5.74, 6) is 0.820. The van der Waals surface area contributed by atoms with Gasteiger partial charge in [-0.05, 0) is 49.4 Å². The van der Waals surface area contributed by atoms with Gasteiger partial charge in [0.1, 0.15) is 12.4 Å². The lowest BCUT2D eigenvalue weighted by atomic mass is 10.0. The van der Waals surface area contributed by atoms with Crippen molar-refractivity contribution in [1.29, 1.82) is 0 Å². The van der Waals surface area contributed by atoms with Gasteiger partial charge in [0.2, 0.25) is 0 Å². The molecule has 2 aromatic rings. The van der Waals surface area contributed by atoms with Gasteiger partial charge >= 0.3 is 0 Å². The van der Waals surface area contributed by atoms with Crippen molar-refractivity contribution in [2.45, 2.75) is 31.7 Å². The first-order valence-corrected chi connectivity index (χ1v) is 9.44. The van der Waals surface area contributed by atoms with Crippen molar-refractivity contribution in [1.82, 2.24) is 10.3 Å². The molecule has 1 aromatic carbocycles. The van der Waals surface area contributed by atoms with Gasteiger partial charge in [0, 0.05) is 37.6 Å². The second-order valence-electron chi connectivity index (χ2n) is 6.65. The summed E-state index contributed by atoms with van der Waals surface area (Å²) in [7, 11) is 0. The van der Waals surface area contributed by atoms with Gasteiger partial charge in [0.25, 0.3) is 0 Å². The minimum absolute atomic E-state index is 0.194. The standard InChI is InChI=1S/C21H28N2O3/c24-10-2-12-25-11-1-3-17-4-6-18(7-5-17)19-13-21(15-22-14-19)26-16-20-8-9-23-20/h4-7,13-15,20,23-24H,1-3,8-12,16H2. The second-order valence-corrected chi connectivity index (χ2v) is 6.65. The first-order chi connectivity index (χ1) is 12.8. The predicted molar refractivity (Wildman–Crippen MR) is 102 cm³/mol. The summed E-state index contributed by atoms with van der Waals surface area (Å²) in [5, 5.41) is 12.0. The zero-order valence-electron chi connectivity index (χ0n) is 15.2. The quantitative estimate of drug-likeness (QED) is 0.606. The fraction of sp³-hybridized carbons (Fsp3) is 0.476. The summed E-state index contributed by atoms with van der Waals surface area (Å²) >= 11 is 0. The molecule has 1 saturated heterocycles. The van der Waals surface area contributed by atoms with E-state index in [1.54, 1.807) is 6.20 Å². The molecule has 140 valence electrons. The number of ether oxygens (including phenoxy) is 2. The zero-order valence-corrected chi connectivity index (χ0v) is 15.2. The van der Waals surface area contributed by atoms with E-state index in [2.05, 4.69) is 40.6 Å². The van der Waals surface area contributed by atoms with Gasteiger partial charge in [-0.1, -0.05) is 24.3 Å². The zero-order chi connectivity index (χ0) is 18.0. The Bertz CT molecular complexity index is 657. The number of rotatable bonds is 11. The topological polar surface area (TPSA) is 63.6 Å². The number of hydrogen-bond donors (Lipinski definition) is 2. The van der Waals surface area contributed by atoms with Crippen LogP contribution in [0.1, 0.15) is 24.8 Å². The Kier molecular flexibility index (Phi) is 7.43. The summed E-state index contributed by atoms with van der Waals surface area (Å²) in [6.45, 7) is 3.36. The molecule has 1 atom stereocenters. The van der Waals surface area contributed by atoms with Crippen LogP contribution in [-0.4, -0.2) is 49.1 Å². The first kappa shape index (κ1) is 18.8. The average molecular weight is 356 g/mol. The van der Waals surface area contributed by atoms with Gasteiger partial charge in [-0.25, -0.2) is 0 Å². The largest absolute Gasteiger partial charge is 0.490 e. The minimum atomic E-state index is 0.194. The number of aliphatic hydroxyl groups is 1. The Morgan fingerprint density at radius 3 is 2.62 bits per heavy atom. The second kappa shape index (κ2) is 10.3. The average Bonchev–Trinajstić information content (AvgIpc) is 2.64. The Morgan fingerprint density at radius 1 is 1.08 bits per heavy atom. The first-order valence-electron chi connectivity index (χ1n) is 9.44. The third-order valence-electron chi connectivity index (χ3n) is 4.58. The minimum Gasteiger partial charge on any atom is -0.490 e. The maximum atomic E-state index is 8.71.